The van der Waals surface area contributed by atoms with Gasteiger partial charge in [-0.25, -0.2) is 4.39 Å². The number of nitrogens with zero attached hydrogens (tertiary/aromatic N) is 2. The fourth-order valence-corrected chi connectivity index (χ4v) is 3.47. The van der Waals surface area contributed by atoms with Gasteiger partial charge in [-0.05, 0) is 23.3 Å². The number of piperazine rings is 1. The first kappa shape index (κ1) is 15.1. The Morgan fingerprint density at radius 3 is 3.05 bits per heavy atom. The van der Waals surface area contributed by atoms with Crippen molar-refractivity contribution in [2.45, 2.75) is 12.6 Å². The Bertz CT molecular complexity index is 676. The highest BCUT2D eigenvalue weighted by molar-refractivity contribution is 7.13. The van der Waals surface area contributed by atoms with Crippen molar-refractivity contribution in [2.75, 3.05) is 19.6 Å². The lowest BCUT2D eigenvalue weighted by molar-refractivity contribution is -0.380. The Balaban J connectivity index is 1.78. The average Bonchev–Trinajstić information content (AvgIpc) is 2.97. The molecule has 0 saturated carbocycles. The highest BCUT2D eigenvalue weighted by Crippen LogP contribution is 2.28. The first-order chi connectivity index (χ1) is 10.6. The summed E-state index contributed by atoms with van der Waals surface area (Å²) in [5.74, 6) is -0.241. The van der Waals surface area contributed by atoms with Gasteiger partial charge in [-0.1, -0.05) is 23.5 Å². The van der Waals surface area contributed by atoms with Crippen molar-refractivity contribution in [1.29, 1.82) is 0 Å². The second-order valence-electron chi connectivity index (χ2n) is 5.30. The highest BCUT2D eigenvalue weighted by Gasteiger charge is 2.25. The molecular weight excluding hydrogens is 305 g/mol. The summed E-state index contributed by atoms with van der Waals surface area (Å²) >= 11 is 1.14. The predicted molar refractivity (Wildman–Crippen MR) is 83.4 cm³/mol. The van der Waals surface area contributed by atoms with Crippen LogP contribution in [-0.4, -0.2) is 29.5 Å². The molecular formula is C15H16FN3O2S. The molecule has 1 saturated heterocycles. The molecule has 1 aliphatic rings. The molecule has 22 heavy (non-hydrogen) atoms. The Kier molecular flexibility index (Phi) is 4.47. The van der Waals surface area contributed by atoms with Crippen LogP contribution < -0.4 is 5.32 Å². The molecule has 116 valence electrons. The Morgan fingerprint density at radius 2 is 2.32 bits per heavy atom. The van der Waals surface area contributed by atoms with Gasteiger partial charge < -0.3 is 5.32 Å². The normalized spacial score (nSPS) is 19.2. The van der Waals surface area contributed by atoms with Gasteiger partial charge in [0.2, 0.25) is 0 Å². The molecule has 0 aliphatic carbocycles. The lowest BCUT2D eigenvalue weighted by atomic mass is 10.0. The third-order valence-electron chi connectivity index (χ3n) is 3.79. The fraction of sp³-hybridized carbons (Fsp3) is 0.333. The zero-order valence-electron chi connectivity index (χ0n) is 11.9. The number of halogens is 1. The van der Waals surface area contributed by atoms with E-state index >= 15 is 0 Å². The van der Waals surface area contributed by atoms with Crippen molar-refractivity contribution in [3.05, 3.63) is 62.8 Å². The summed E-state index contributed by atoms with van der Waals surface area (Å²) in [7, 11) is 0. The van der Waals surface area contributed by atoms with Crippen LogP contribution in [0.2, 0.25) is 0 Å². The van der Waals surface area contributed by atoms with Crippen LogP contribution in [0, 0.1) is 15.9 Å². The Labute approximate surface area is 131 Å². The van der Waals surface area contributed by atoms with Crippen LogP contribution in [0.1, 0.15) is 17.2 Å². The van der Waals surface area contributed by atoms with E-state index in [1.807, 2.05) is 11.4 Å². The molecule has 1 aromatic carbocycles. The van der Waals surface area contributed by atoms with Crippen molar-refractivity contribution in [2.24, 2.45) is 0 Å². The summed E-state index contributed by atoms with van der Waals surface area (Å²) in [4.78, 5) is 12.6. The van der Waals surface area contributed by atoms with Gasteiger partial charge in [0.05, 0.1) is 4.92 Å². The van der Waals surface area contributed by atoms with Gasteiger partial charge in [0.1, 0.15) is 5.82 Å². The smallest absolute Gasteiger partial charge is 0.314 e. The quantitative estimate of drug-likeness (QED) is 0.695. The zero-order valence-corrected chi connectivity index (χ0v) is 12.7. The molecule has 0 radical (unpaired) electrons. The summed E-state index contributed by atoms with van der Waals surface area (Å²) in [6.45, 7) is 3.06. The molecule has 2 heterocycles. The van der Waals surface area contributed by atoms with Crippen LogP contribution >= 0.6 is 11.3 Å². The number of hydrogen-bond donors (Lipinski definition) is 1. The molecule has 1 aliphatic heterocycles. The highest BCUT2D eigenvalue weighted by atomic mass is 32.1. The molecule has 0 bridgehead atoms. The molecule has 1 fully saturated rings. The van der Waals surface area contributed by atoms with E-state index in [1.54, 1.807) is 18.2 Å². The van der Waals surface area contributed by atoms with Gasteiger partial charge in [0.25, 0.3) is 0 Å². The van der Waals surface area contributed by atoms with Gasteiger partial charge in [-0.3, -0.25) is 15.0 Å². The van der Waals surface area contributed by atoms with Crippen LogP contribution in [0.3, 0.4) is 0 Å². The van der Waals surface area contributed by atoms with Crippen molar-refractivity contribution in [3.63, 3.8) is 0 Å². The molecule has 1 N–H and O–H groups in total. The molecule has 2 aromatic rings. The van der Waals surface area contributed by atoms with E-state index in [1.165, 1.54) is 6.07 Å². The molecule has 0 spiro atoms. The lowest BCUT2D eigenvalue weighted by Gasteiger charge is -2.36. The van der Waals surface area contributed by atoms with Gasteiger partial charge in [-0.15, -0.1) is 0 Å². The van der Waals surface area contributed by atoms with E-state index in [4.69, 9.17) is 0 Å². The molecule has 3 rings (SSSR count). The number of rotatable bonds is 4. The number of thiophene rings is 1. The fourth-order valence-electron chi connectivity index (χ4n) is 2.75. The molecule has 5 nitrogen and oxygen atoms in total. The summed E-state index contributed by atoms with van der Waals surface area (Å²) in [6, 6.07) is 8.32. The zero-order chi connectivity index (χ0) is 15.5. The number of nitrogens with one attached hydrogen (secondary N) is 1. The largest absolute Gasteiger partial charge is 0.324 e. The molecule has 1 aromatic heterocycles. The standard InChI is InChI=1S/C15H16FN3O2S/c16-13-3-1-2-12(7-13)14-8-17-4-5-18(14)9-11-6-15(19(20)21)22-10-11/h1-3,6-7,10,14,17H,4-5,8-9H2. The predicted octanol–water partition coefficient (Wildman–Crippen LogP) is 2.94. The molecule has 1 atom stereocenters. The monoisotopic (exact) mass is 321 g/mol. The van der Waals surface area contributed by atoms with Gasteiger partial charge >= 0.3 is 5.00 Å². The third kappa shape index (κ3) is 3.32. The van der Waals surface area contributed by atoms with Crippen LogP contribution in [0.5, 0.6) is 0 Å². The lowest BCUT2D eigenvalue weighted by Crippen LogP contribution is -2.45. The summed E-state index contributed by atoms with van der Waals surface area (Å²) < 4.78 is 13.5. The van der Waals surface area contributed by atoms with E-state index in [9.17, 15) is 14.5 Å². The first-order valence-corrected chi connectivity index (χ1v) is 7.93. The second-order valence-corrected chi connectivity index (χ2v) is 6.19. The van der Waals surface area contributed by atoms with Gasteiger partial charge in [-0.2, -0.15) is 0 Å². The molecule has 0 amide bonds. The van der Waals surface area contributed by atoms with E-state index in [0.717, 1.165) is 42.1 Å². The molecule has 7 heteroatoms. The molecule has 1 unspecified atom stereocenters. The van der Waals surface area contributed by atoms with Gasteiger partial charge in [0.15, 0.2) is 0 Å². The van der Waals surface area contributed by atoms with Crippen molar-refractivity contribution in [1.82, 2.24) is 10.2 Å². The van der Waals surface area contributed by atoms with Gasteiger partial charge in [0, 0.05) is 43.7 Å². The number of hydrogen-bond acceptors (Lipinski definition) is 5. The van der Waals surface area contributed by atoms with Crippen LogP contribution in [-0.2, 0) is 6.54 Å². The number of nitro groups is 1. The second kappa shape index (κ2) is 6.51. The van der Waals surface area contributed by atoms with E-state index in [0.29, 0.717) is 6.54 Å². The van der Waals surface area contributed by atoms with E-state index in [-0.39, 0.29) is 21.8 Å². The Morgan fingerprint density at radius 1 is 1.45 bits per heavy atom. The van der Waals surface area contributed by atoms with Crippen LogP contribution in [0.15, 0.2) is 35.7 Å². The van der Waals surface area contributed by atoms with Crippen LogP contribution in [0.25, 0.3) is 0 Å². The summed E-state index contributed by atoms with van der Waals surface area (Å²) in [5, 5.41) is 16.1. The first-order valence-electron chi connectivity index (χ1n) is 7.05. The van der Waals surface area contributed by atoms with Crippen molar-refractivity contribution < 1.29 is 9.31 Å². The SMILES string of the molecule is O=[N+]([O-])c1cc(CN2CCNCC2c2cccc(F)c2)cs1. The third-order valence-corrected chi connectivity index (χ3v) is 4.72. The minimum atomic E-state index is -0.365. The van der Waals surface area contributed by atoms with Crippen LogP contribution in [0.4, 0.5) is 9.39 Å². The van der Waals surface area contributed by atoms with E-state index in [2.05, 4.69) is 10.2 Å². The maximum atomic E-state index is 13.5. The number of benzene rings is 1. The maximum absolute atomic E-state index is 13.5. The van der Waals surface area contributed by atoms with Crippen molar-refractivity contribution >= 4 is 16.3 Å². The summed E-state index contributed by atoms with van der Waals surface area (Å²) in [6.07, 6.45) is 0. The Hall–Kier alpha value is -1.83. The minimum Gasteiger partial charge on any atom is -0.314 e. The maximum Gasteiger partial charge on any atom is 0.324 e. The topological polar surface area (TPSA) is 58.4 Å². The minimum absolute atomic E-state index is 0.0726. The summed E-state index contributed by atoms with van der Waals surface area (Å²) in [5.41, 5.74) is 1.86. The van der Waals surface area contributed by atoms with E-state index < -0.39 is 0 Å². The van der Waals surface area contributed by atoms with Crippen molar-refractivity contribution in [3.8, 4) is 0 Å². The average molecular weight is 321 g/mol.